The van der Waals surface area contributed by atoms with Crippen LogP contribution in [-0.4, -0.2) is 18.7 Å². The topological polar surface area (TPSA) is 59.9 Å². The molecule has 0 aliphatic carbocycles. The predicted octanol–water partition coefficient (Wildman–Crippen LogP) is 5.03. The first-order valence-electron chi connectivity index (χ1n) is 9.17. The van der Waals surface area contributed by atoms with E-state index in [1.165, 1.54) is 3.57 Å². The Morgan fingerprint density at radius 3 is 2.21 bits per heavy atom. The summed E-state index contributed by atoms with van der Waals surface area (Å²) < 4.78 is 12.4. The minimum absolute atomic E-state index is 0.276. The second-order valence-electron chi connectivity index (χ2n) is 6.14. The van der Waals surface area contributed by atoms with Crippen LogP contribution in [0.3, 0.4) is 0 Å². The number of rotatable bonds is 8. The van der Waals surface area contributed by atoms with Gasteiger partial charge in [0.05, 0.1) is 12.8 Å². The number of carbonyl (C=O) groups is 1. The van der Waals surface area contributed by atoms with Crippen LogP contribution in [0.2, 0.25) is 0 Å². The lowest BCUT2D eigenvalue weighted by atomic mass is 10.2. The molecule has 3 aromatic carbocycles. The van der Waals surface area contributed by atoms with Crippen molar-refractivity contribution >= 4 is 34.7 Å². The van der Waals surface area contributed by atoms with Gasteiger partial charge in [-0.15, -0.1) is 0 Å². The number of nitrogens with one attached hydrogen (secondary N) is 1. The molecule has 0 saturated heterocycles. The number of hydrazone groups is 1. The van der Waals surface area contributed by atoms with Crippen molar-refractivity contribution in [2.75, 3.05) is 6.61 Å². The molecule has 0 radical (unpaired) electrons. The second-order valence-corrected chi connectivity index (χ2v) is 7.39. The van der Waals surface area contributed by atoms with E-state index in [-0.39, 0.29) is 5.91 Å². The maximum absolute atomic E-state index is 12.1. The average Bonchev–Trinajstić information content (AvgIpc) is 2.75. The first-order valence-corrected chi connectivity index (χ1v) is 10.3. The number of hydrogen-bond donors (Lipinski definition) is 1. The van der Waals surface area contributed by atoms with Crippen LogP contribution in [0.5, 0.6) is 11.5 Å². The van der Waals surface area contributed by atoms with E-state index >= 15 is 0 Å². The lowest BCUT2D eigenvalue weighted by molar-refractivity contribution is 0.0955. The number of ether oxygens (including phenoxy) is 2. The molecule has 3 rings (SSSR count). The molecule has 0 saturated carbocycles. The largest absolute Gasteiger partial charge is 0.494 e. The van der Waals surface area contributed by atoms with E-state index in [0.717, 1.165) is 22.6 Å². The van der Waals surface area contributed by atoms with Gasteiger partial charge >= 0.3 is 0 Å². The number of carbonyl (C=O) groups excluding carboxylic acids is 1. The van der Waals surface area contributed by atoms with Crippen molar-refractivity contribution in [3.63, 3.8) is 0 Å². The molecule has 3 aromatic rings. The van der Waals surface area contributed by atoms with E-state index in [4.69, 9.17) is 9.47 Å². The van der Waals surface area contributed by atoms with Crippen molar-refractivity contribution in [1.82, 2.24) is 5.43 Å². The summed E-state index contributed by atoms with van der Waals surface area (Å²) in [6.45, 7) is 3.02. The van der Waals surface area contributed by atoms with E-state index in [1.807, 2.05) is 31.2 Å². The Morgan fingerprint density at radius 2 is 1.55 bits per heavy atom. The summed E-state index contributed by atoms with van der Waals surface area (Å²) >= 11 is 2.28. The summed E-state index contributed by atoms with van der Waals surface area (Å²) in [5.74, 6) is 1.23. The van der Waals surface area contributed by atoms with E-state index in [0.29, 0.717) is 18.8 Å². The summed E-state index contributed by atoms with van der Waals surface area (Å²) in [4.78, 5) is 12.1. The van der Waals surface area contributed by atoms with Gasteiger partial charge in [-0.25, -0.2) is 5.43 Å². The molecule has 0 heterocycles. The fourth-order valence-electron chi connectivity index (χ4n) is 2.50. The highest BCUT2D eigenvalue weighted by molar-refractivity contribution is 14.1. The maximum atomic E-state index is 12.1. The molecule has 29 heavy (non-hydrogen) atoms. The Kier molecular flexibility index (Phi) is 7.63. The van der Waals surface area contributed by atoms with Gasteiger partial charge in [0.2, 0.25) is 0 Å². The molecule has 0 atom stereocenters. The Labute approximate surface area is 183 Å². The summed E-state index contributed by atoms with van der Waals surface area (Å²) in [5, 5.41) is 4.01. The Hall–Kier alpha value is -2.87. The van der Waals surface area contributed by atoms with Crippen molar-refractivity contribution in [2.24, 2.45) is 5.10 Å². The molecule has 0 bridgehead atoms. The van der Waals surface area contributed by atoms with E-state index in [1.54, 1.807) is 30.5 Å². The Morgan fingerprint density at radius 1 is 0.931 bits per heavy atom. The molecule has 0 unspecified atom stereocenters. The van der Waals surface area contributed by atoms with Gasteiger partial charge < -0.3 is 9.47 Å². The van der Waals surface area contributed by atoms with Crippen molar-refractivity contribution < 1.29 is 14.3 Å². The predicted molar refractivity (Wildman–Crippen MR) is 123 cm³/mol. The molecule has 0 aromatic heterocycles. The molecule has 0 spiro atoms. The monoisotopic (exact) mass is 500 g/mol. The van der Waals surface area contributed by atoms with E-state index in [9.17, 15) is 4.79 Å². The van der Waals surface area contributed by atoms with Gasteiger partial charge in [0.1, 0.15) is 18.1 Å². The first-order chi connectivity index (χ1) is 14.1. The standard InChI is InChI=1S/C23H21IN2O3/c1-2-28-21-13-7-19(8-14-21)23(27)26-25-15-17-5-11-22(12-6-17)29-16-18-3-9-20(24)10-4-18/h3-15H,2,16H2,1H3,(H,26,27)/b25-15-. The summed E-state index contributed by atoms with van der Waals surface area (Å²) in [7, 11) is 0. The normalized spacial score (nSPS) is 10.7. The summed E-state index contributed by atoms with van der Waals surface area (Å²) in [5.41, 5.74) is 5.02. The van der Waals surface area contributed by atoms with Crippen LogP contribution in [0.15, 0.2) is 77.9 Å². The van der Waals surface area contributed by atoms with Gasteiger partial charge in [0, 0.05) is 9.13 Å². The zero-order valence-electron chi connectivity index (χ0n) is 16.0. The van der Waals surface area contributed by atoms with Crippen molar-refractivity contribution in [3.05, 3.63) is 93.1 Å². The molecule has 148 valence electrons. The van der Waals surface area contributed by atoms with Crippen molar-refractivity contribution in [3.8, 4) is 11.5 Å². The van der Waals surface area contributed by atoms with Crippen LogP contribution in [0.1, 0.15) is 28.4 Å². The van der Waals surface area contributed by atoms with Crippen LogP contribution in [0.4, 0.5) is 0 Å². The first kappa shape index (κ1) is 20.9. The average molecular weight is 500 g/mol. The van der Waals surface area contributed by atoms with Gasteiger partial charge in [-0.05, 0) is 101 Å². The molecule has 0 fully saturated rings. The fraction of sp³-hybridized carbons (Fsp3) is 0.130. The molecular formula is C23H21IN2O3. The smallest absolute Gasteiger partial charge is 0.271 e. The molecule has 0 aliphatic rings. The number of hydrogen-bond acceptors (Lipinski definition) is 4. The van der Waals surface area contributed by atoms with Gasteiger partial charge in [0.15, 0.2) is 0 Å². The lowest BCUT2D eigenvalue weighted by Crippen LogP contribution is -2.17. The third-order valence-electron chi connectivity index (χ3n) is 4.01. The minimum atomic E-state index is -0.276. The summed E-state index contributed by atoms with van der Waals surface area (Å²) in [6, 6.07) is 22.7. The van der Waals surface area contributed by atoms with Crippen LogP contribution < -0.4 is 14.9 Å². The molecule has 0 aliphatic heterocycles. The zero-order valence-corrected chi connectivity index (χ0v) is 18.1. The van der Waals surface area contributed by atoms with Gasteiger partial charge in [0.25, 0.3) is 5.91 Å². The Balaban J connectivity index is 1.49. The molecule has 1 amide bonds. The van der Waals surface area contributed by atoms with Crippen molar-refractivity contribution in [2.45, 2.75) is 13.5 Å². The fourth-order valence-corrected chi connectivity index (χ4v) is 2.86. The highest BCUT2D eigenvalue weighted by Gasteiger charge is 2.04. The molecule has 6 heteroatoms. The second kappa shape index (κ2) is 10.6. The van der Waals surface area contributed by atoms with Gasteiger partial charge in [-0.3, -0.25) is 4.79 Å². The van der Waals surface area contributed by atoms with Crippen LogP contribution in [0, 0.1) is 3.57 Å². The number of halogens is 1. The Bertz CT molecular complexity index is 953. The highest BCUT2D eigenvalue weighted by Crippen LogP contribution is 2.15. The summed E-state index contributed by atoms with van der Waals surface area (Å²) in [6.07, 6.45) is 1.59. The number of benzene rings is 3. The minimum Gasteiger partial charge on any atom is -0.494 e. The molecule has 5 nitrogen and oxygen atoms in total. The van der Waals surface area contributed by atoms with E-state index < -0.39 is 0 Å². The van der Waals surface area contributed by atoms with Crippen LogP contribution in [0.25, 0.3) is 0 Å². The third kappa shape index (κ3) is 6.60. The number of amides is 1. The zero-order chi connectivity index (χ0) is 20.5. The highest BCUT2D eigenvalue weighted by atomic mass is 127. The third-order valence-corrected chi connectivity index (χ3v) is 4.73. The SMILES string of the molecule is CCOc1ccc(C(=O)N/N=C\c2ccc(OCc3ccc(I)cc3)cc2)cc1. The van der Waals surface area contributed by atoms with E-state index in [2.05, 4.69) is 57.4 Å². The molecular weight excluding hydrogens is 479 g/mol. The number of nitrogens with zero attached hydrogens (tertiary/aromatic N) is 1. The lowest BCUT2D eigenvalue weighted by Gasteiger charge is -2.06. The van der Waals surface area contributed by atoms with Crippen LogP contribution >= 0.6 is 22.6 Å². The molecule has 1 N–H and O–H groups in total. The maximum Gasteiger partial charge on any atom is 0.271 e. The van der Waals surface area contributed by atoms with Gasteiger partial charge in [-0.2, -0.15) is 5.10 Å². The van der Waals surface area contributed by atoms with Gasteiger partial charge in [-0.1, -0.05) is 12.1 Å². The van der Waals surface area contributed by atoms with Crippen LogP contribution in [-0.2, 0) is 6.61 Å². The van der Waals surface area contributed by atoms with Crippen molar-refractivity contribution in [1.29, 1.82) is 0 Å². The quantitative estimate of drug-likeness (QED) is 0.268.